The zero-order valence-corrected chi connectivity index (χ0v) is 16.9. The van der Waals surface area contributed by atoms with Gasteiger partial charge in [-0.25, -0.2) is 0 Å². The van der Waals surface area contributed by atoms with Crippen molar-refractivity contribution >= 4 is 23.4 Å². The van der Waals surface area contributed by atoms with Crippen LogP contribution in [0.3, 0.4) is 0 Å². The predicted molar refractivity (Wildman–Crippen MR) is 110 cm³/mol. The van der Waals surface area contributed by atoms with Crippen LogP contribution in [0.15, 0.2) is 54.6 Å². The molecule has 0 saturated carbocycles. The third-order valence-electron chi connectivity index (χ3n) is 4.63. The first-order valence-corrected chi connectivity index (χ1v) is 9.66. The summed E-state index contributed by atoms with van der Waals surface area (Å²) in [5, 5.41) is 3.60. The Balaban J connectivity index is 2.18. The number of rotatable bonds is 8. The highest BCUT2D eigenvalue weighted by Gasteiger charge is 2.26. The fraction of sp³-hybridized carbons (Fsp3) is 0.364. The molecular formula is C22H27ClN2O2. The molecule has 0 radical (unpaired) electrons. The summed E-state index contributed by atoms with van der Waals surface area (Å²) < 4.78 is 0. The number of hydrogen-bond acceptors (Lipinski definition) is 2. The molecule has 0 saturated heterocycles. The average Bonchev–Trinajstić information content (AvgIpc) is 2.67. The molecule has 0 fully saturated rings. The van der Waals surface area contributed by atoms with E-state index in [0.29, 0.717) is 11.6 Å². The number of benzene rings is 2. The molecule has 0 spiro atoms. The van der Waals surface area contributed by atoms with E-state index in [2.05, 4.69) is 5.32 Å². The Hall–Kier alpha value is -2.33. The van der Waals surface area contributed by atoms with Gasteiger partial charge in [0.2, 0.25) is 11.8 Å². The van der Waals surface area contributed by atoms with Crippen LogP contribution < -0.4 is 5.32 Å². The summed E-state index contributed by atoms with van der Waals surface area (Å²) in [5.74, 6) is -0.224. The number of amides is 2. The Kier molecular flexibility index (Phi) is 7.86. The van der Waals surface area contributed by atoms with Crippen LogP contribution in [0.4, 0.5) is 0 Å². The number of carbonyl (C=O) groups excluding carboxylic acids is 2. The number of hydrogen-bond donors (Lipinski definition) is 1. The zero-order chi connectivity index (χ0) is 19.8. The van der Waals surface area contributed by atoms with Gasteiger partial charge in [0, 0.05) is 17.6 Å². The highest BCUT2D eigenvalue weighted by Crippen LogP contribution is 2.14. The number of nitrogens with one attached hydrogen (secondary N) is 1. The summed E-state index contributed by atoms with van der Waals surface area (Å²) in [6, 6.07) is 16.4. The molecule has 27 heavy (non-hydrogen) atoms. The van der Waals surface area contributed by atoms with Crippen molar-refractivity contribution in [3.8, 4) is 0 Å². The lowest BCUT2D eigenvalue weighted by atomic mass is 10.1. The smallest absolute Gasteiger partial charge is 0.242 e. The Morgan fingerprint density at radius 2 is 1.63 bits per heavy atom. The van der Waals surface area contributed by atoms with E-state index in [1.807, 2.05) is 56.3 Å². The molecule has 0 aliphatic rings. The van der Waals surface area contributed by atoms with E-state index in [0.717, 1.165) is 17.5 Å². The van der Waals surface area contributed by atoms with Gasteiger partial charge >= 0.3 is 0 Å². The van der Waals surface area contributed by atoms with Crippen molar-refractivity contribution in [2.45, 2.75) is 52.2 Å². The second-order valence-electron chi connectivity index (χ2n) is 6.80. The van der Waals surface area contributed by atoms with Gasteiger partial charge in [0.15, 0.2) is 0 Å². The molecule has 2 aromatic rings. The largest absolute Gasteiger partial charge is 0.352 e. The van der Waals surface area contributed by atoms with E-state index < -0.39 is 6.04 Å². The molecule has 2 aromatic carbocycles. The molecule has 0 bridgehead atoms. The monoisotopic (exact) mass is 386 g/mol. The van der Waals surface area contributed by atoms with Crippen LogP contribution in [0.5, 0.6) is 0 Å². The molecule has 5 heteroatoms. The van der Waals surface area contributed by atoms with Gasteiger partial charge in [-0.15, -0.1) is 0 Å². The van der Waals surface area contributed by atoms with Gasteiger partial charge in [-0.2, -0.15) is 0 Å². The molecule has 0 aromatic heterocycles. The summed E-state index contributed by atoms with van der Waals surface area (Å²) in [6.45, 7) is 6.15. The maximum atomic E-state index is 13.0. The van der Waals surface area contributed by atoms with Gasteiger partial charge in [0.1, 0.15) is 6.04 Å². The number of halogens is 1. The van der Waals surface area contributed by atoms with E-state index in [1.54, 1.807) is 24.0 Å². The van der Waals surface area contributed by atoms with E-state index >= 15 is 0 Å². The lowest BCUT2D eigenvalue weighted by Crippen LogP contribution is -2.49. The van der Waals surface area contributed by atoms with Gasteiger partial charge in [0.05, 0.1) is 6.42 Å². The van der Waals surface area contributed by atoms with E-state index in [-0.39, 0.29) is 24.3 Å². The molecule has 0 aliphatic heterocycles. The average molecular weight is 387 g/mol. The minimum Gasteiger partial charge on any atom is -0.352 e. The van der Waals surface area contributed by atoms with E-state index in [4.69, 9.17) is 11.6 Å². The molecule has 0 unspecified atom stereocenters. The standard InChI is InChI=1S/C22H27ClN2O2/c1-4-16(2)24-22(27)17(3)25(15-19-8-6-5-7-9-19)21(26)14-18-10-12-20(23)13-11-18/h5-13,16-17H,4,14-15H2,1-3H3,(H,24,27)/t16-,17+/m0/s1. The predicted octanol–water partition coefficient (Wildman–Crippen LogP) is 4.21. The summed E-state index contributed by atoms with van der Waals surface area (Å²) in [7, 11) is 0. The van der Waals surface area contributed by atoms with Crippen molar-refractivity contribution < 1.29 is 9.59 Å². The van der Waals surface area contributed by atoms with Crippen molar-refractivity contribution in [3.05, 3.63) is 70.7 Å². The van der Waals surface area contributed by atoms with Crippen LogP contribution in [-0.4, -0.2) is 28.8 Å². The zero-order valence-electron chi connectivity index (χ0n) is 16.1. The van der Waals surface area contributed by atoms with Crippen LogP contribution in [0.1, 0.15) is 38.3 Å². The van der Waals surface area contributed by atoms with Crippen LogP contribution in [0.2, 0.25) is 5.02 Å². The molecule has 4 nitrogen and oxygen atoms in total. The first-order valence-electron chi connectivity index (χ1n) is 9.29. The first kappa shape index (κ1) is 21.0. The number of nitrogens with zero attached hydrogens (tertiary/aromatic N) is 1. The van der Waals surface area contributed by atoms with Gasteiger partial charge < -0.3 is 10.2 Å². The minimum atomic E-state index is -0.556. The van der Waals surface area contributed by atoms with Crippen molar-refractivity contribution in [2.24, 2.45) is 0 Å². The third kappa shape index (κ3) is 6.40. The molecule has 2 rings (SSSR count). The highest BCUT2D eigenvalue weighted by atomic mass is 35.5. The summed E-state index contributed by atoms with van der Waals surface area (Å²) in [4.78, 5) is 27.3. The lowest BCUT2D eigenvalue weighted by molar-refractivity contribution is -0.140. The van der Waals surface area contributed by atoms with Crippen molar-refractivity contribution in [1.82, 2.24) is 10.2 Å². The van der Waals surface area contributed by atoms with Crippen molar-refractivity contribution in [1.29, 1.82) is 0 Å². The highest BCUT2D eigenvalue weighted by molar-refractivity contribution is 6.30. The normalized spacial score (nSPS) is 12.9. The fourth-order valence-corrected chi connectivity index (χ4v) is 2.83. The van der Waals surface area contributed by atoms with Gasteiger partial charge in [-0.1, -0.05) is 61.0 Å². The Morgan fingerprint density at radius 1 is 1.00 bits per heavy atom. The lowest BCUT2D eigenvalue weighted by Gasteiger charge is -2.29. The van der Waals surface area contributed by atoms with Crippen LogP contribution >= 0.6 is 11.6 Å². The minimum absolute atomic E-state index is 0.0740. The summed E-state index contributed by atoms with van der Waals surface area (Å²) in [6.07, 6.45) is 1.07. The first-order chi connectivity index (χ1) is 12.9. The Labute approximate surface area is 166 Å². The van der Waals surface area contributed by atoms with E-state index in [9.17, 15) is 9.59 Å². The summed E-state index contributed by atoms with van der Waals surface area (Å²) >= 11 is 5.92. The second-order valence-corrected chi connectivity index (χ2v) is 7.24. The maximum Gasteiger partial charge on any atom is 0.242 e. The topological polar surface area (TPSA) is 49.4 Å². The summed E-state index contributed by atoms with van der Waals surface area (Å²) in [5.41, 5.74) is 1.86. The van der Waals surface area contributed by atoms with Gasteiger partial charge in [-0.3, -0.25) is 9.59 Å². The van der Waals surface area contributed by atoms with Crippen molar-refractivity contribution in [3.63, 3.8) is 0 Å². The Morgan fingerprint density at radius 3 is 2.22 bits per heavy atom. The SMILES string of the molecule is CC[C@H](C)NC(=O)[C@@H](C)N(Cc1ccccc1)C(=O)Cc1ccc(Cl)cc1. The van der Waals surface area contributed by atoms with Crippen LogP contribution in [0, 0.1) is 0 Å². The van der Waals surface area contributed by atoms with Crippen LogP contribution in [-0.2, 0) is 22.6 Å². The number of carbonyl (C=O) groups is 2. The third-order valence-corrected chi connectivity index (χ3v) is 4.88. The maximum absolute atomic E-state index is 13.0. The molecule has 0 heterocycles. The Bertz CT molecular complexity index is 747. The van der Waals surface area contributed by atoms with Crippen molar-refractivity contribution in [2.75, 3.05) is 0 Å². The van der Waals surface area contributed by atoms with E-state index in [1.165, 1.54) is 0 Å². The molecular weight excluding hydrogens is 360 g/mol. The fourth-order valence-electron chi connectivity index (χ4n) is 2.71. The second kappa shape index (κ2) is 10.1. The molecule has 1 N–H and O–H groups in total. The molecule has 0 aliphatic carbocycles. The van der Waals surface area contributed by atoms with Crippen LogP contribution in [0.25, 0.3) is 0 Å². The molecule has 2 amide bonds. The molecule has 2 atom stereocenters. The van der Waals surface area contributed by atoms with Gasteiger partial charge in [-0.05, 0) is 43.5 Å². The quantitative estimate of drug-likeness (QED) is 0.738. The molecule has 144 valence electrons. The van der Waals surface area contributed by atoms with Gasteiger partial charge in [0.25, 0.3) is 0 Å².